The lowest BCUT2D eigenvalue weighted by Gasteiger charge is -2.17. The van der Waals surface area contributed by atoms with Gasteiger partial charge in [-0.1, -0.05) is 29.8 Å². The Morgan fingerprint density at radius 1 is 1.29 bits per heavy atom. The maximum atomic E-state index is 12.0. The van der Waals surface area contributed by atoms with Gasteiger partial charge in [-0.15, -0.1) is 0 Å². The van der Waals surface area contributed by atoms with Crippen LogP contribution in [0.4, 0.5) is 5.69 Å². The van der Waals surface area contributed by atoms with Gasteiger partial charge in [0.15, 0.2) is 0 Å². The fourth-order valence-corrected chi connectivity index (χ4v) is 2.26. The van der Waals surface area contributed by atoms with Gasteiger partial charge in [0.05, 0.1) is 17.8 Å². The largest absolute Gasteiger partial charge is 0.492 e. The highest BCUT2D eigenvalue weighted by atomic mass is 35.5. The standard InChI is InChI=1S/C18H18ClN3O2/c1-22(9-10-24-16-7-4-6-15(19)11-16)13-18(23)21-17-8-3-2-5-14(17)12-20/h2-8,11H,9-10,13H2,1H3,(H,21,23). The van der Waals surface area contributed by atoms with E-state index in [1.165, 1.54) is 0 Å². The molecule has 0 fully saturated rings. The zero-order valence-electron chi connectivity index (χ0n) is 13.3. The summed E-state index contributed by atoms with van der Waals surface area (Å²) < 4.78 is 5.59. The van der Waals surface area contributed by atoms with E-state index >= 15 is 0 Å². The molecule has 124 valence electrons. The Balaban J connectivity index is 1.76. The lowest BCUT2D eigenvalue weighted by Crippen LogP contribution is -2.33. The number of benzene rings is 2. The van der Waals surface area contributed by atoms with E-state index in [9.17, 15) is 4.79 Å². The van der Waals surface area contributed by atoms with Crippen molar-refractivity contribution in [1.82, 2.24) is 4.90 Å². The maximum absolute atomic E-state index is 12.0. The van der Waals surface area contributed by atoms with Crippen molar-refractivity contribution in [3.8, 4) is 11.8 Å². The SMILES string of the molecule is CN(CCOc1cccc(Cl)c1)CC(=O)Nc1ccccc1C#N. The number of nitrogens with one attached hydrogen (secondary N) is 1. The second-order valence-electron chi connectivity index (χ2n) is 5.25. The number of rotatable bonds is 7. The van der Waals surface area contributed by atoms with E-state index in [0.717, 1.165) is 0 Å². The number of ether oxygens (including phenoxy) is 1. The summed E-state index contributed by atoms with van der Waals surface area (Å²) in [5.41, 5.74) is 0.964. The quantitative estimate of drug-likeness (QED) is 0.838. The van der Waals surface area contributed by atoms with E-state index in [2.05, 4.69) is 11.4 Å². The minimum absolute atomic E-state index is 0.178. The van der Waals surface area contributed by atoms with Crippen LogP contribution in [0.2, 0.25) is 5.02 Å². The summed E-state index contributed by atoms with van der Waals surface area (Å²) in [6.45, 7) is 1.23. The van der Waals surface area contributed by atoms with E-state index in [4.69, 9.17) is 21.6 Å². The molecule has 0 heterocycles. The fraction of sp³-hybridized carbons (Fsp3) is 0.222. The number of nitriles is 1. The summed E-state index contributed by atoms with van der Waals surface area (Å²) in [7, 11) is 1.83. The van der Waals surface area contributed by atoms with E-state index in [-0.39, 0.29) is 12.5 Å². The highest BCUT2D eigenvalue weighted by Crippen LogP contribution is 2.17. The van der Waals surface area contributed by atoms with Gasteiger partial charge < -0.3 is 10.1 Å². The molecular formula is C18H18ClN3O2. The molecule has 2 aromatic carbocycles. The molecular weight excluding hydrogens is 326 g/mol. The Kier molecular flexibility index (Phi) is 6.62. The molecule has 0 saturated carbocycles. The Morgan fingerprint density at radius 3 is 2.83 bits per heavy atom. The Labute approximate surface area is 146 Å². The molecule has 2 rings (SSSR count). The average Bonchev–Trinajstić information content (AvgIpc) is 2.55. The molecule has 5 nitrogen and oxygen atoms in total. The first-order valence-corrected chi connectivity index (χ1v) is 7.82. The molecule has 0 radical (unpaired) electrons. The monoisotopic (exact) mass is 343 g/mol. The summed E-state index contributed by atoms with van der Waals surface area (Å²) >= 11 is 5.89. The van der Waals surface area contributed by atoms with Crippen molar-refractivity contribution in [2.24, 2.45) is 0 Å². The molecule has 0 atom stereocenters. The van der Waals surface area contributed by atoms with Crippen LogP contribution < -0.4 is 10.1 Å². The number of halogens is 1. The van der Waals surface area contributed by atoms with Gasteiger partial charge in [0.25, 0.3) is 0 Å². The maximum Gasteiger partial charge on any atom is 0.238 e. The minimum atomic E-state index is -0.178. The van der Waals surface area contributed by atoms with Crippen LogP contribution in [-0.2, 0) is 4.79 Å². The molecule has 6 heteroatoms. The van der Waals surface area contributed by atoms with Crippen LogP contribution in [0.1, 0.15) is 5.56 Å². The number of nitrogens with zero attached hydrogens (tertiary/aromatic N) is 2. The highest BCUT2D eigenvalue weighted by molar-refractivity contribution is 6.30. The number of likely N-dealkylation sites (N-methyl/N-ethyl adjacent to an activating group) is 1. The summed E-state index contributed by atoms with van der Waals surface area (Å²) in [6, 6.07) is 16.1. The zero-order chi connectivity index (χ0) is 17.4. The molecule has 0 saturated heterocycles. The van der Waals surface area contributed by atoms with Gasteiger partial charge in [-0.25, -0.2) is 0 Å². The lowest BCUT2D eigenvalue weighted by molar-refractivity contribution is -0.117. The van der Waals surface area contributed by atoms with Crippen LogP contribution in [0.3, 0.4) is 0 Å². The summed E-state index contributed by atoms with van der Waals surface area (Å²) in [4.78, 5) is 13.9. The molecule has 1 N–H and O–H groups in total. The molecule has 0 spiro atoms. The summed E-state index contributed by atoms with van der Waals surface area (Å²) in [5.74, 6) is 0.520. The van der Waals surface area contributed by atoms with Crippen molar-refractivity contribution in [2.75, 3.05) is 32.1 Å². The Hall–Kier alpha value is -2.55. The zero-order valence-corrected chi connectivity index (χ0v) is 14.1. The first-order valence-electron chi connectivity index (χ1n) is 7.44. The van der Waals surface area contributed by atoms with Gasteiger partial charge in [-0.05, 0) is 37.4 Å². The summed E-state index contributed by atoms with van der Waals surface area (Å²) in [5, 5.41) is 12.4. The smallest absolute Gasteiger partial charge is 0.238 e. The molecule has 0 aliphatic rings. The third kappa shape index (κ3) is 5.58. The minimum Gasteiger partial charge on any atom is -0.492 e. The Morgan fingerprint density at radius 2 is 2.08 bits per heavy atom. The second kappa shape index (κ2) is 8.92. The molecule has 24 heavy (non-hydrogen) atoms. The number of carbonyl (C=O) groups is 1. The van der Waals surface area contributed by atoms with Crippen LogP contribution in [0.25, 0.3) is 0 Å². The van der Waals surface area contributed by atoms with Crippen molar-refractivity contribution in [3.63, 3.8) is 0 Å². The molecule has 0 unspecified atom stereocenters. The first kappa shape index (κ1) is 17.8. The predicted molar refractivity (Wildman–Crippen MR) is 94.2 cm³/mol. The fourth-order valence-electron chi connectivity index (χ4n) is 2.08. The van der Waals surface area contributed by atoms with Gasteiger partial charge in [0, 0.05) is 11.6 Å². The molecule has 0 aromatic heterocycles. The molecule has 0 bridgehead atoms. The molecule has 0 aliphatic heterocycles. The highest BCUT2D eigenvalue weighted by Gasteiger charge is 2.09. The van der Waals surface area contributed by atoms with Gasteiger partial charge in [-0.3, -0.25) is 9.69 Å². The number of hydrogen-bond acceptors (Lipinski definition) is 4. The van der Waals surface area contributed by atoms with Gasteiger partial charge in [-0.2, -0.15) is 5.26 Å². The lowest BCUT2D eigenvalue weighted by atomic mass is 10.2. The van der Waals surface area contributed by atoms with Gasteiger partial charge in [0.2, 0.25) is 5.91 Å². The van der Waals surface area contributed by atoms with Crippen LogP contribution in [-0.4, -0.2) is 37.6 Å². The number of para-hydroxylation sites is 1. The number of anilines is 1. The van der Waals surface area contributed by atoms with E-state index in [0.29, 0.717) is 35.2 Å². The van der Waals surface area contributed by atoms with E-state index < -0.39 is 0 Å². The normalized spacial score (nSPS) is 10.2. The van der Waals surface area contributed by atoms with Crippen LogP contribution in [0.15, 0.2) is 48.5 Å². The van der Waals surface area contributed by atoms with E-state index in [1.54, 1.807) is 36.4 Å². The summed E-state index contributed by atoms with van der Waals surface area (Å²) in [6.07, 6.45) is 0. The number of amides is 1. The van der Waals surface area contributed by atoms with Crippen LogP contribution in [0, 0.1) is 11.3 Å². The average molecular weight is 344 g/mol. The van der Waals surface area contributed by atoms with Crippen molar-refractivity contribution in [1.29, 1.82) is 5.26 Å². The van der Waals surface area contributed by atoms with Gasteiger partial charge in [0.1, 0.15) is 18.4 Å². The first-order chi connectivity index (χ1) is 11.6. The van der Waals surface area contributed by atoms with Crippen molar-refractivity contribution in [2.45, 2.75) is 0 Å². The van der Waals surface area contributed by atoms with Crippen molar-refractivity contribution < 1.29 is 9.53 Å². The van der Waals surface area contributed by atoms with Crippen LogP contribution in [0.5, 0.6) is 5.75 Å². The van der Waals surface area contributed by atoms with Gasteiger partial charge >= 0.3 is 0 Å². The topological polar surface area (TPSA) is 65.4 Å². The second-order valence-corrected chi connectivity index (χ2v) is 5.69. The molecule has 2 aromatic rings. The molecule has 0 aliphatic carbocycles. The van der Waals surface area contributed by atoms with Crippen molar-refractivity contribution >= 4 is 23.2 Å². The number of carbonyl (C=O) groups excluding carboxylic acids is 1. The Bertz CT molecular complexity index is 743. The number of hydrogen-bond donors (Lipinski definition) is 1. The third-order valence-electron chi connectivity index (χ3n) is 3.27. The van der Waals surface area contributed by atoms with Crippen molar-refractivity contribution in [3.05, 3.63) is 59.1 Å². The molecule has 1 amide bonds. The van der Waals surface area contributed by atoms with E-state index in [1.807, 2.05) is 24.1 Å². The van der Waals surface area contributed by atoms with Crippen LogP contribution >= 0.6 is 11.6 Å². The predicted octanol–water partition coefficient (Wildman–Crippen LogP) is 3.16. The third-order valence-corrected chi connectivity index (χ3v) is 3.51.